The highest BCUT2D eigenvalue weighted by atomic mass is 35.5. The zero-order valence-electron chi connectivity index (χ0n) is 8.83. The molecule has 0 heterocycles. The maximum Gasteiger partial charge on any atom is 0.316 e. The zero-order chi connectivity index (χ0) is 12.0. The lowest BCUT2D eigenvalue weighted by atomic mass is 10.4. The first-order chi connectivity index (χ1) is 7.63. The Morgan fingerprint density at radius 2 is 2.19 bits per heavy atom. The summed E-state index contributed by atoms with van der Waals surface area (Å²) in [6.45, 7) is 2.41. The molecule has 0 spiro atoms. The minimum absolute atomic E-state index is 0.233. The van der Waals surface area contributed by atoms with Crippen LogP contribution in [0.5, 0.6) is 0 Å². The number of ether oxygens (including phenoxy) is 1. The third-order valence-corrected chi connectivity index (χ3v) is 3.41. The standard InChI is InChI=1S/C11H12Cl2O2S/c1-2-5-15-11(14)7-16-10-6-8(12)3-4-9(10)13/h3-4,6H,2,5,7H2,1H3. The number of benzene rings is 1. The Kier molecular flexibility index (Phi) is 6.03. The summed E-state index contributed by atoms with van der Waals surface area (Å²) >= 11 is 13.1. The van der Waals surface area contributed by atoms with E-state index < -0.39 is 0 Å². The Morgan fingerprint density at radius 1 is 1.44 bits per heavy atom. The largest absolute Gasteiger partial charge is 0.465 e. The minimum atomic E-state index is -0.233. The summed E-state index contributed by atoms with van der Waals surface area (Å²) in [5.41, 5.74) is 0. The third-order valence-electron chi connectivity index (χ3n) is 1.71. The minimum Gasteiger partial charge on any atom is -0.465 e. The number of halogens is 2. The molecule has 0 aliphatic rings. The fourth-order valence-electron chi connectivity index (χ4n) is 0.982. The second-order valence-electron chi connectivity index (χ2n) is 3.08. The summed E-state index contributed by atoms with van der Waals surface area (Å²) in [6.07, 6.45) is 0.828. The maximum atomic E-state index is 11.3. The van der Waals surface area contributed by atoms with Crippen molar-refractivity contribution >= 4 is 40.9 Å². The molecule has 0 unspecified atom stereocenters. The predicted molar refractivity (Wildman–Crippen MR) is 68.4 cm³/mol. The molecule has 0 radical (unpaired) electrons. The van der Waals surface area contributed by atoms with E-state index in [2.05, 4.69) is 0 Å². The van der Waals surface area contributed by atoms with Crippen LogP contribution in [0.25, 0.3) is 0 Å². The van der Waals surface area contributed by atoms with E-state index in [1.807, 2.05) is 6.92 Å². The number of rotatable bonds is 5. The third kappa shape index (κ3) is 4.64. The molecule has 0 saturated heterocycles. The Balaban J connectivity index is 2.47. The quantitative estimate of drug-likeness (QED) is 0.601. The molecule has 0 amide bonds. The van der Waals surface area contributed by atoms with Crippen LogP contribution in [-0.2, 0) is 9.53 Å². The van der Waals surface area contributed by atoms with Crippen molar-refractivity contribution in [3.8, 4) is 0 Å². The summed E-state index contributed by atoms with van der Waals surface area (Å²) in [6, 6.07) is 5.16. The van der Waals surface area contributed by atoms with Crippen molar-refractivity contribution in [2.45, 2.75) is 18.2 Å². The summed E-state index contributed by atoms with van der Waals surface area (Å²) in [4.78, 5) is 12.0. The van der Waals surface area contributed by atoms with E-state index in [1.54, 1.807) is 18.2 Å². The summed E-state index contributed by atoms with van der Waals surface area (Å²) < 4.78 is 4.95. The molecule has 0 N–H and O–H groups in total. The Hall–Kier alpha value is -0.380. The summed E-state index contributed by atoms with van der Waals surface area (Å²) in [5, 5.41) is 1.20. The van der Waals surface area contributed by atoms with Gasteiger partial charge in [-0.05, 0) is 24.6 Å². The van der Waals surface area contributed by atoms with Gasteiger partial charge in [0.15, 0.2) is 0 Å². The van der Waals surface area contributed by atoms with Crippen LogP contribution in [0.3, 0.4) is 0 Å². The monoisotopic (exact) mass is 278 g/mol. The van der Waals surface area contributed by atoms with Crippen molar-refractivity contribution < 1.29 is 9.53 Å². The highest BCUT2D eigenvalue weighted by molar-refractivity contribution is 8.00. The Bertz CT molecular complexity index is 369. The van der Waals surface area contributed by atoms with E-state index >= 15 is 0 Å². The van der Waals surface area contributed by atoms with Crippen molar-refractivity contribution in [2.24, 2.45) is 0 Å². The highest BCUT2D eigenvalue weighted by Gasteiger charge is 2.07. The van der Waals surface area contributed by atoms with E-state index in [1.165, 1.54) is 11.8 Å². The van der Waals surface area contributed by atoms with Crippen LogP contribution in [0.2, 0.25) is 10.0 Å². The normalized spacial score (nSPS) is 10.2. The van der Waals surface area contributed by atoms with Gasteiger partial charge in [0.25, 0.3) is 0 Å². The Labute approximate surface area is 109 Å². The van der Waals surface area contributed by atoms with Crippen molar-refractivity contribution in [3.05, 3.63) is 28.2 Å². The van der Waals surface area contributed by atoms with Gasteiger partial charge in [-0.25, -0.2) is 0 Å². The second kappa shape index (κ2) is 7.05. The molecular weight excluding hydrogens is 267 g/mol. The molecule has 0 aromatic heterocycles. The highest BCUT2D eigenvalue weighted by Crippen LogP contribution is 2.29. The molecule has 0 aliphatic heterocycles. The van der Waals surface area contributed by atoms with Crippen LogP contribution in [0.4, 0.5) is 0 Å². The lowest BCUT2D eigenvalue weighted by molar-refractivity contribution is -0.140. The molecule has 0 fully saturated rings. The van der Waals surface area contributed by atoms with Crippen LogP contribution < -0.4 is 0 Å². The van der Waals surface area contributed by atoms with Crippen molar-refractivity contribution in [2.75, 3.05) is 12.4 Å². The molecule has 0 bridgehead atoms. The molecule has 5 heteroatoms. The van der Waals surface area contributed by atoms with Gasteiger partial charge in [-0.1, -0.05) is 30.1 Å². The van der Waals surface area contributed by atoms with E-state index in [9.17, 15) is 4.79 Å². The molecule has 0 atom stereocenters. The molecule has 2 nitrogen and oxygen atoms in total. The topological polar surface area (TPSA) is 26.3 Å². The number of hydrogen-bond acceptors (Lipinski definition) is 3. The fourth-order valence-corrected chi connectivity index (χ4v) is 2.27. The van der Waals surface area contributed by atoms with Gasteiger partial charge in [-0.3, -0.25) is 4.79 Å². The van der Waals surface area contributed by atoms with Crippen LogP contribution in [0.1, 0.15) is 13.3 Å². The molecular formula is C11H12Cl2O2S. The molecule has 16 heavy (non-hydrogen) atoms. The van der Waals surface area contributed by atoms with Gasteiger partial charge in [0.05, 0.1) is 17.4 Å². The number of carbonyl (C=O) groups is 1. The van der Waals surface area contributed by atoms with Gasteiger partial charge in [0, 0.05) is 9.92 Å². The fraction of sp³-hybridized carbons (Fsp3) is 0.364. The summed E-state index contributed by atoms with van der Waals surface area (Å²) in [5.74, 6) is 0.0166. The van der Waals surface area contributed by atoms with Gasteiger partial charge in [0.2, 0.25) is 0 Å². The van der Waals surface area contributed by atoms with Gasteiger partial charge >= 0.3 is 5.97 Å². The number of esters is 1. The molecule has 1 aromatic rings. The van der Waals surface area contributed by atoms with E-state index in [-0.39, 0.29) is 11.7 Å². The van der Waals surface area contributed by atoms with Gasteiger partial charge in [0.1, 0.15) is 0 Å². The first-order valence-corrected chi connectivity index (χ1v) is 6.61. The summed E-state index contributed by atoms with van der Waals surface area (Å²) in [7, 11) is 0. The first-order valence-electron chi connectivity index (χ1n) is 4.87. The van der Waals surface area contributed by atoms with E-state index in [0.29, 0.717) is 16.7 Å². The van der Waals surface area contributed by atoms with Crippen molar-refractivity contribution in [1.29, 1.82) is 0 Å². The second-order valence-corrected chi connectivity index (χ2v) is 4.94. The average molecular weight is 279 g/mol. The molecule has 1 rings (SSSR count). The molecule has 0 saturated carbocycles. The Morgan fingerprint density at radius 3 is 2.88 bits per heavy atom. The average Bonchev–Trinajstić information content (AvgIpc) is 2.27. The van der Waals surface area contributed by atoms with Crippen molar-refractivity contribution in [3.63, 3.8) is 0 Å². The van der Waals surface area contributed by atoms with E-state index in [4.69, 9.17) is 27.9 Å². The van der Waals surface area contributed by atoms with Gasteiger partial charge < -0.3 is 4.74 Å². The maximum absolute atomic E-state index is 11.3. The zero-order valence-corrected chi connectivity index (χ0v) is 11.2. The number of thioether (sulfide) groups is 1. The SMILES string of the molecule is CCCOC(=O)CSc1cc(Cl)ccc1Cl. The van der Waals surface area contributed by atoms with Crippen LogP contribution >= 0.6 is 35.0 Å². The predicted octanol–water partition coefficient (Wildman–Crippen LogP) is 4.04. The van der Waals surface area contributed by atoms with Crippen molar-refractivity contribution in [1.82, 2.24) is 0 Å². The van der Waals surface area contributed by atoms with Crippen LogP contribution in [0.15, 0.2) is 23.1 Å². The molecule has 1 aromatic carbocycles. The van der Waals surface area contributed by atoms with Gasteiger partial charge in [-0.15, -0.1) is 11.8 Å². The smallest absolute Gasteiger partial charge is 0.316 e. The molecule has 88 valence electrons. The van der Waals surface area contributed by atoms with E-state index in [0.717, 1.165) is 11.3 Å². The van der Waals surface area contributed by atoms with Crippen LogP contribution in [-0.4, -0.2) is 18.3 Å². The van der Waals surface area contributed by atoms with Gasteiger partial charge in [-0.2, -0.15) is 0 Å². The lowest BCUT2D eigenvalue weighted by Crippen LogP contribution is -2.07. The molecule has 0 aliphatic carbocycles. The van der Waals surface area contributed by atoms with Crippen LogP contribution in [0, 0.1) is 0 Å². The number of carbonyl (C=O) groups excluding carboxylic acids is 1. The number of hydrogen-bond donors (Lipinski definition) is 0. The first kappa shape index (κ1) is 13.7. The lowest BCUT2D eigenvalue weighted by Gasteiger charge is -2.05.